The average molecular weight is 468 g/mol. The van der Waals surface area contributed by atoms with Crippen LogP contribution in [0.15, 0.2) is 24.5 Å². The third-order valence-corrected chi connectivity index (χ3v) is 5.46. The molecule has 0 aromatic carbocycles. The maximum Gasteiger partial charge on any atom is 0.414 e. The quantitative estimate of drug-likeness (QED) is 0.571. The molecule has 2 N–H and O–H groups in total. The summed E-state index contributed by atoms with van der Waals surface area (Å²) in [6, 6.07) is 3.10. The molecule has 34 heavy (non-hydrogen) atoms. The lowest BCUT2D eigenvalue weighted by atomic mass is 10.2. The van der Waals surface area contributed by atoms with Crippen LogP contribution in [0, 0.1) is 18.2 Å². The maximum atomic E-state index is 15.0. The standard InChI is InChI=1S/C22H25FN8O3/c1-3-5-24-21-25-6-4-19(28-21)29-7-9-30(10-8-29)20-18(23)11-16(12-27-20)31-14-17(34-22(31)33)13-26-15(2)32/h1,4,6,11-12,17H,5,7-10,13-14H2,2H3,(H,26,32)(H,24,25,28)/t17-/m0/s1. The van der Waals surface area contributed by atoms with Gasteiger partial charge in [-0.2, -0.15) is 4.98 Å². The van der Waals surface area contributed by atoms with Gasteiger partial charge >= 0.3 is 6.09 Å². The first-order valence-electron chi connectivity index (χ1n) is 10.8. The summed E-state index contributed by atoms with van der Waals surface area (Å²) in [6.45, 7) is 4.46. The van der Waals surface area contributed by atoms with E-state index in [2.05, 4.69) is 36.4 Å². The summed E-state index contributed by atoms with van der Waals surface area (Å²) in [6.07, 6.45) is 7.28. The Balaban J connectivity index is 1.37. The van der Waals surface area contributed by atoms with Crippen molar-refractivity contribution in [3.63, 3.8) is 0 Å². The molecular formula is C22H25FN8O3. The molecule has 4 heterocycles. The molecule has 2 fully saturated rings. The number of hydrogen-bond acceptors (Lipinski definition) is 9. The molecule has 1 atom stereocenters. The number of cyclic esters (lactones) is 1. The first-order valence-corrected chi connectivity index (χ1v) is 10.8. The van der Waals surface area contributed by atoms with Crippen molar-refractivity contribution in [3.8, 4) is 12.3 Å². The van der Waals surface area contributed by atoms with E-state index in [0.717, 1.165) is 5.82 Å². The van der Waals surface area contributed by atoms with Crippen molar-refractivity contribution in [2.45, 2.75) is 13.0 Å². The number of hydrogen-bond donors (Lipinski definition) is 2. The number of ether oxygens (including phenoxy) is 1. The fourth-order valence-corrected chi connectivity index (χ4v) is 3.79. The topological polar surface area (TPSA) is 116 Å². The third-order valence-electron chi connectivity index (χ3n) is 5.46. The van der Waals surface area contributed by atoms with Gasteiger partial charge in [0, 0.05) is 45.4 Å². The van der Waals surface area contributed by atoms with Crippen LogP contribution in [0.2, 0.25) is 0 Å². The Kier molecular flexibility index (Phi) is 6.91. The van der Waals surface area contributed by atoms with Gasteiger partial charge in [0.05, 0.1) is 31.5 Å². The maximum absolute atomic E-state index is 15.0. The van der Waals surface area contributed by atoms with Crippen molar-refractivity contribution in [2.75, 3.05) is 65.8 Å². The molecule has 11 nitrogen and oxygen atoms in total. The minimum Gasteiger partial charge on any atom is -0.442 e. The van der Waals surface area contributed by atoms with E-state index >= 15 is 0 Å². The fourth-order valence-electron chi connectivity index (χ4n) is 3.79. The van der Waals surface area contributed by atoms with E-state index in [9.17, 15) is 14.0 Å². The first kappa shape index (κ1) is 23.0. The van der Waals surface area contributed by atoms with Crippen LogP contribution < -0.4 is 25.3 Å². The Hall–Kier alpha value is -4.14. The predicted molar refractivity (Wildman–Crippen MR) is 124 cm³/mol. The van der Waals surface area contributed by atoms with Crippen LogP contribution in [-0.2, 0) is 9.53 Å². The molecule has 0 radical (unpaired) electrons. The number of nitrogens with one attached hydrogen (secondary N) is 2. The summed E-state index contributed by atoms with van der Waals surface area (Å²) in [4.78, 5) is 41.4. The highest BCUT2D eigenvalue weighted by molar-refractivity contribution is 5.89. The molecule has 178 valence electrons. The fraction of sp³-hybridized carbons (Fsp3) is 0.409. The zero-order valence-electron chi connectivity index (χ0n) is 18.7. The number of terminal acetylenes is 1. The molecule has 2 aromatic heterocycles. The van der Waals surface area contributed by atoms with Crippen LogP contribution >= 0.6 is 0 Å². The van der Waals surface area contributed by atoms with Crippen molar-refractivity contribution in [1.82, 2.24) is 20.3 Å². The van der Waals surface area contributed by atoms with Gasteiger partial charge in [-0.25, -0.2) is 19.2 Å². The van der Waals surface area contributed by atoms with Crippen LogP contribution in [0.5, 0.6) is 0 Å². The van der Waals surface area contributed by atoms with E-state index in [1.165, 1.54) is 24.1 Å². The Morgan fingerprint density at radius 2 is 2.06 bits per heavy atom. The van der Waals surface area contributed by atoms with E-state index in [-0.39, 0.29) is 24.8 Å². The highest BCUT2D eigenvalue weighted by Crippen LogP contribution is 2.27. The SMILES string of the molecule is C#CCNc1nccc(N2CCN(c3ncc(N4C[C@H](CNC(C)=O)OC4=O)cc3F)CC2)n1. The van der Waals surface area contributed by atoms with Gasteiger partial charge in [0.25, 0.3) is 0 Å². The van der Waals surface area contributed by atoms with Gasteiger partial charge in [-0.05, 0) is 6.07 Å². The lowest BCUT2D eigenvalue weighted by Crippen LogP contribution is -2.47. The van der Waals surface area contributed by atoms with Gasteiger partial charge < -0.3 is 25.2 Å². The van der Waals surface area contributed by atoms with Gasteiger partial charge in [0.2, 0.25) is 11.9 Å². The molecule has 2 aliphatic heterocycles. The predicted octanol–water partition coefficient (Wildman–Crippen LogP) is 0.844. The molecule has 4 rings (SSSR count). The molecule has 0 unspecified atom stereocenters. The Morgan fingerprint density at radius 3 is 2.76 bits per heavy atom. The van der Waals surface area contributed by atoms with Gasteiger partial charge in [-0.3, -0.25) is 9.69 Å². The van der Waals surface area contributed by atoms with Crippen LogP contribution in [0.25, 0.3) is 0 Å². The third kappa shape index (κ3) is 5.25. The van der Waals surface area contributed by atoms with Gasteiger partial charge in [0.1, 0.15) is 11.9 Å². The highest BCUT2D eigenvalue weighted by Gasteiger charge is 2.33. The Bertz CT molecular complexity index is 1100. The molecular weight excluding hydrogens is 443 g/mol. The highest BCUT2D eigenvalue weighted by atomic mass is 19.1. The summed E-state index contributed by atoms with van der Waals surface area (Å²) in [5, 5.41) is 5.56. The van der Waals surface area contributed by atoms with Crippen molar-refractivity contribution in [3.05, 3.63) is 30.3 Å². The Morgan fingerprint density at radius 1 is 1.29 bits per heavy atom. The zero-order valence-corrected chi connectivity index (χ0v) is 18.7. The van der Waals surface area contributed by atoms with Crippen molar-refractivity contribution in [2.24, 2.45) is 0 Å². The number of piperazine rings is 1. The van der Waals surface area contributed by atoms with Crippen molar-refractivity contribution in [1.29, 1.82) is 0 Å². The summed E-state index contributed by atoms with van der Waals surface area (Å²) in [5.41, 5.74) is 0.309. The van der Waals surface area contributed by atoms with E-state index in [1.54, 1.807) is 6.20 Å². The summed E-state index contributed by atoms with van der Waals surface area (Å²) in [5.74, 6) is 3.20. The van der Waals surface area contributed by atoms with Crippen LogP contribution in [0.4, 0.5) is 32.5 Å². The second-order valence-electron chi connectivity index (χ2n) is 7.82. The first-order chi connectivity index (χ1) is 16.4. The number of halogens is 1. The van der Waals surface area contributed by atoms with Crippen LogP contribution in [0.1, 0.15) is 6.92 Å². The number of rotatable bonds is 7. The molecule has 2 saturated heterocycles. The number of anilines is 4. The van der Waals surface area contributed by atoms with E-state index in [4.69, 9.17) is 11.2 Å². The van der Waals surface area contributed by atoms with Crippen molar-refractivity contribution >= 4 is 35.3 Å². The van der Waals surface area contributed by atoms with E-state index in [1.807, 2.05) is 11.0 Å². The number of aromatic nitrogens is 3. The second-order valence-corrected chi connectivity index (χ2v) is 7.82. The largest absolute Gasteiger partial charge is 0.442 e. The molecule has 0 saturated carbocycles. The monoisotopic (exact) mass is 468 g/mol. The molecule has 0 aliphatic carbocycles. The summed E-state index contributed by atoms with van der Waals surface area (Å²) in [7, 11) is 0. The molecule has 12 heteroatoms. The summed E-state index contributed by atoms with van der Waals surface area (Å²) >= 11 is 0. The van der Waals surface area contributed by atoms with Crippen LogP contribution in [0.3, 0.4) is 0 Å². The number of pyridine rings is 1. The molecule has 0 spiro atoms. The van der Waals surface area contributed by atoms with Crippen LogP contribution in [-0.4, -0.2) is 78.9 Å². The summed E-state index contributed by atoms with van der Waals surface area (Å²) < 4.78 is 20.2. The normalized spacial score (nSPS) is 17.9. The number of carbonyl (C=O) groups excluding carboxylic acids is 2. The number of amides is 2. The smallest absolute Gasteiger partial charge is 0.414 e. The van der Waals surface area contributed by atoms with Gasteiger partial charge in [-0.1, -0.05) is 5.92 Å². The van der Waals surface area contributed by atoms with Gasteiger partial charge in [0.15, 0.2) is 11.6 Å². The number of carbonyl (C=O) groups is 2. The average Bonchev–Trinajstić information content (AvgIpc) is 3.22. The zero-order chi connectivity index (χ0) is 24.1. The van der Waals surface area contributed by atoms with Gasteiger partial charge in [-0.15, -0.1) is 6.42 Å². The second kappa shape index (κ2) is 10.2. The molecule has 0 bridgehead atoms. The van der Waals surface area contributed by atoms with E-state index < -0.39 is 18.0 Å². The van der Waals surface area contributed by atoms with Crippen molar-refractivity contribution < 1.29 is 18.7 Å². The van der Waals surface area contributed by atoms with E-state index in [0.29, 0.717) is 44.4 Å². The molecule has 2 amide bonds. The lowest BCUT2D eigenvalue weighted by molar-refractivity contribution is -0.119. The Labute approximate surface area is 196 Å². The minimum atomic E-state index is -0.598. The lowest BCUT2D eigenvalue weighted by Gasteiger charge is -2.36. The molecule has 2 aliphatic rings. The number of nitrogens with zero attached hydrogens (tertiary/aromatic N) is 6. The minimum absolute atomic E-state index is 0.198. The molecule has 2 aromatic rings.